The van der Waals surface area contributed by atoms with Crippen molar-refractivity contribution >= 4 is 55.7 Å². The van der Waals surface area contributed by atoms with Gasteiger partial charge >= 0.3 is 0 Å². The van der Waals surface area contributed by atoms with Gasteiger partial charge in [0.05, 0.1) is 18.4 Å². The van der Waals surface area contributed by atoms with E-state index in [1.165, 1.54) is 14.9 Å². The summed E-state index contributed by atoms with van der Waals surface area (Å²) in [5.41, 5.74) is 2.36. The second kappa shape index (κ2) is 7.66. The number of carbonyl (C=O) groups excluding carboxylic acids is 1. The maximum absolute atomic E-state index is 12.8. The van der Waals surface area contributed by atoms with E-state index < -0.39 is 0 Å². The zero-order valence-electron chi connectivity index (χ0n) is 14.4. The minimum Gasteiger partial charge on any atom is -0.496 e. The molecule has 4 rings (SSSR count). The molecule has 0 spiro atoms. The lowest BCUT2D eigenvalue weighted by molar-refractivity contribution is 0.102. The van der Waals surface area contributed by atoms with Gasteiger partial charge in [0.1, 0.15) is 5.75 Å². The number of rotatable bonds is 4. The van der Waals surface area contributed by atoms with Crippen molar-refractivity contribution in [3.05, 3.63) is 75.2 Å². The number of hydrogen-bond acceptors (Lipinski definition) is 4. The Morgan fingerprint density at radius 2 is 1.78 bits per heavy atom. The zero-order chi connectivity index (χ0) is 18.8. The van der Waals surface area contributed by atoms with E-state index in [0.717, 1.165) is 22.0 Å². The standard InChI is InChI=1S/C21H15IN2O2S/c1-26-19-11-15-5-3-2-4-14(15)10-17(19)20(25)24-21-23-18(12-27-21)13-6-8-16(22)9-7-13/h2-12H,1H3,(H,23,24,25). The van der Waals surface area contributed by atoms with Gasteiger partial charge in [0.2, 0.25) is 0 Å². The molecule has 4 nitrogen and oxygen atoms in total. The average molecular weight is 486 g/mol. The van der Waals surface area contributed by atoms with E-state index in [2.05, 4.69) is 32.9 Å². The molecule has 0 atom stereocenters. The summed E-state index contributed by atoms with van der Waals surface area (Å²) in [5.74, 6) is 0.307. The molecule has 0 fully saturated rings. The van der Waals surface area contributed by atoms with Gasteiger partial charge in [-0.3, -0.25) is 10.1 Å². The van der Waals surface area contributed by atoms with Crippen molar-refractivity contribution in [1.29, 1.82) is 0 Å². The van der Waals surface area contributed by atoms with Crippen LogP contribution in [0.5, 0.6) is 5.75 Å². The number of ether oxygens (including phenoxy) is 1. The summed E-state index contributed by atoms with van der Waals surface area (Å²) >= 11 is 3.67. The first-order valence-electron chi connectivity index (χ1n) is 8.23. The summed E-state index contributed by atoms with van der Waals surface area (Å²) in [6.07, 6.45) is 0. The topological polar surface area (TPSA) is 51.2 Å². The molecule has 134 valence electrons. The average Bonchev–Trinajstić information content (AvgIpc) is 3.15. The Morgan fingerprint density at radius 1 is 1.07 bits per heavy atom. The molecule has 0 aliphatic heterocycles. The number of hydrogen-bond donors (Lipinski definition) is 1. The van der Waals surface area contributed by atoms with Crippen LogP contribution in [0.3, 0.4) is 0 Å². The van der Waals surface area contributed by atoms with Crippen LogP contribution >= 0.6 is 33.9 Å². The number of thiazole rings is 1. The molecule has 0 aliphatic carbocycles. The fourth-order valence-corrected chi connectivity index (χ4v) is 3.89. The quantitative estimate of drug-likeness (QED) is 0.370. The number of anilines is 1. The predicted octanol–water partition coefficient (Wildman–Crippen LogP) is 5.83. The van der Waals surface area contributed by atoms with Crippen LogP contribution in [0, 0.1) is 3.57 Å². The fraction of sp³-hybridized carbons (Fsp3) is 0.0476. The number of aromatic nitrogens is 1. The van der Waals surface area contributed by atoms with Gasteiger partial charge in [0, 0.05) is 14.5 Å². The van der Waals surface area contributed by atoms with Gasteiger partial charge in [-0.15, -0.1) is 11.3 Å². The summed E-state index contributed by atoms with van der Waals surface area (Å²) in [5, 5.41) is 7.40. The Kier molecular flexibility index (Phi) is 5.09. The van der Waals surface area contributed by atoms with E-state index in [0.29, 0.717) is 16.4 Å². The first-order chi connectivity index (χ1) is 13.1. The third-order valence-corrected chi connectivity index (χ3v) is 5.65. The second-order valence-corrected chi connectivity index (χ2v) is 8.00. The van der Waals surface area contributed by atoms with Crippen molar-refractivity contribution < 1.29 is 9.53 Å². The molecule has 4 aromatic rings. The van der Waals surface area contributed by atoms with Gasteiger partial charge in [0.25, 0.3) is 5.91 Å². The molecule has 0 aliphatic rings. The van der Waals surface area contributed by atoms with Crippen molar-refractivity contribution in [3.8, 4) is 17.0 Å². The second-order valence-electron chi connectivity index (χ2n) is 5.90. The van der Waals surface area contributed by atoms with Gasteiger partial charge in [-0.2, -0.15) is 0 Å². The Hall–Kier alpha value is -2.45. The molecule has 1 heterocycles. The van der Waals surface area contributed by atoms with Crippen molar-refractivity contribution in [2.75, 3.05) is 12.4 Å². The minimum atomic E-state index is -0.235. The van der Waals surface area contributed by atoms with Gasteiger partial charge in [0.15, 0.2) is 5.13 Å². The highest BCUT2D eigenvalue weighted by Gasteiger charge is 2.15. The lowest BCUT2D eigenvalue weighted by Gasteiger charge is -2.10. The number of benzene rings is 3. The van der Waals surface area contributed by atoms with E-state index in [4.69, 9.17) is 4.74 Å². The highest BCUT2D eigenvalue weighted by atomic mass is 127. The SMILES string of the molecule is COc1cc2ccccc2cc1C(=O)Nc1nc(-c2ccc(I)cc2)cs1. The van der Waals surface area contributed by atoms with Crippen molar-refractivity contribution in [1.82, 2.24) is 4.98 Å². The Bertz CT molecular complexity index is 1120. The van der Waals surface area contributed by atoms with Gasteiger partial charge < -0.3 is 4.74 Å². The zero-order valence-corrected chi connectivity index (χ0v) is 17.4. The molecule has 0 bridgehead atoms. The number of halogens is 1. The van der Waals surface area contributed by atoms with Gasteiger partial charge in [-0.1, -0.05) is 36.4 Å². The third kappa shape index (κ3) is 3.81. The molecule has 27 heavy (non-hydrogen) atoms. The lowest BCUT2D eigenvalue weighted by Crippen LogP contribution is -2.13. The van der Waals surface area contributed by atoms with Crippen molar-refractivity contribution in [2.24, 2.45) is 0 Å². The fourth-order valence-electron chi connectivity index (χ4n) is 2.81. The molecule has 0 radical (unpaired) electrons. The van der Waals surface area contributed by atoms with Gasteiger partial charge in [-0.25, -0.2) is 4.98 Å². The molecular weight excluding hydrogens is 471 g/mol. The van der Waals surface area contributed by atoms with Crippen LogP contribution in [0.25, 0.3) is 22.0 Å². The number of nitrogens with zero attached hydrogens (tertiary/aromatic N) is 1. The molecule has 1 aromatic heterocycles. The Balaban J connectivity index is 1.61. The maximum Gasteiger partial charge on any atom is 0.261 e. The van der Waals surface area contributed by atoms with Crippen molar-refractivity contribution in [3.63, 3.8) is 0 Å². The van der Waals surface area contributed by atoms with Crippen LogP contribution in [-0.2, 0) is 0 Å². The molecule has 3 aromatic carbocycles. The van der Waals surface area contributed by atoms with Crippen LogP contribution in [0.4, 0.5) is 5.13 Å². The highest BCUT2D eigenvalue weighted by Crippen LogP contribution is 2.29. The smallest absolute Gasteiger partial charge is 0.261 e. The predicted molar refractivity (Wildman–Crippen MR) is 119 cm³/mol. The minimum absolute atomic E-state index is 0.235. The summed E-state index contributed by atoms with van der Waals surface area (Å²) in [6.45, 7) is 0. The van der Waals surface area contributed by atoms with E-state index in [1.807, 2.05) is 66.0 Å². The van der Waals surface area contributed by atoms with E-state index in [9.17, 15) is 4.79 Å². The normalized spacial score (nSPS) is 10.7. The largest absolute Gasteiger partial charge is 0.496 e. The van der Waals surface area contributed by atoms with Crippen LogP contribution in [0.15, 0.2) is 66.0 Å². The summed E-state index contributed by atoms with van der Waals surface area (Å²) < 4.78 is 6.59. The number of amides is 1. The van der Waals surface area contributed by atoms with Gasteiger partial charge in [-0.05, 0) is 57.6 Å². The molecule has 0 saturated carbocycles. The summed E-state index contributed by atoms with van der Waals surface area (Å²) in [6, 6.07) is 19.7. The van der Waals surface area contributed by atoms with E-state index in [1.54, 1.807) is 7.11 Å². The molecule has 1 N–H and O–H groups in total. The van der Waals surface area contributed by atoms with Crippen molar-refractivity contribution in [2.45, 2.75) is 0 Å². The lowest BCUT2D eigenvalue weighted by atomic mass is 10.1. The van der Waals surface area contributed by atoms with Crippen LogP contribution in [0.1, 0.15) is 10.4 Å². The number of carbonyl (C=O) groups is 1. The number of methoxy groups -OCH3 is 1. The van der Waals surface area contributed by atoms with Crippen LogP contribution in [0.2, 0.25) is 0 Å². The van der Waals surface area contributed by atoms with Crippen LogP contribution < -0.4 is 10.1 Å². The molecule has 0 saturated heterocycles. The third-order valence-electron chi connectivity index (χ3n) is 4.18. The first-order valence-corrected chi connectivity index (χ1v) is 10.2. The monoisotopic (exact) mass is 486 g/mol. The molecule has 6 heteroatoms. The summed E-state index contributed by atoms with van der Waals surface area (Å²) in [4.78, 5) is 17.3. The van der Waals surface area contributed by atoms with E-state index >= 15 is 0 Å². The first kappa shape index (κ1) is 17.9. The molecule has 1 amide bonds. The molecule has 0 unspecified atom stereocenters. The Labute approximate surface area is 174 Å². The highest BCUT2D eigenvalue weighted by molar-refractivity contribution is 14.1. The summed E-state index contributed by atoms with van der Waals surface area (Å²) in [7, 11) is 1.57. The molecular formula is C21H15IN2O2S. The van der Waals surface area contributed by atoms with Crippen LogP contribution in [-0.4, -0.2) is 18.0 Å². The number of nitrogens with one attached hydrogen (secondary N) is 1. The number of fused-ring (bicyclic) bond motifs is 1. The van der Waals surface area contributed by atoms with E-state index in [-0.39, 0.29) is 5.91 Å². The maximum atomic E-state index is 12.8. The Morgan fingerprint density at radius 3 is 2.48 bits per heavy atom.